The zero-order valence-electron chi connectivity index (χ0n) is 14.1. The molecular weight excluding hydrogens is 286 g/mol. The number of rotatable bonds is 4. The van der Waals surface area contributed by atoms with E-state index in [1.807, 2.05) is 12.1 Å². The first-order chi connectivity index (χ1) is 9.25. The maximum atomic E-state index is 12.7. The first-order valence-electron chi connectivity index (χ1n) is 7.05. The summed E-state index contributed by atoms with van der Waals surface area (Å²) >= 11 is 0. The van der Waals surface area contributed by atoms with Gasteiger partial charge in [-0.25, -0.2) is 8.42 Å². The van der Waals surface area contributed by atoms with Crippen molar-refractivity contribution >= 4 is 10.0 Å². The number of hydrogen-bond acceptors (Lipinski definition) is 3. The highest BCUT2D eigenvalue weighted by molar-refractivity contribution is 7.89. The van der Waals surface area contributed by atoms with Crippen molar-refractivity contribution in [2.45, 2.75) is 57.5 Å². The molecule has 4 nitrogen and oxygen atoms in total. The van der Waals surface area contributed by atoms with Gasteiger partial charge in [0.2, 0.25) is 10.0 Å². The van der Waals surface area contributed by atoms with Crippen LogP contribution in [0.25, 0.3) is 0 Å². The Bertz CT molecular complexity index is 607. The smallest absolute Gasteiger partial charge is 0.243 e. The van der Waals surface area contributed by atoms with Gasteiger partial charge in [0.05, 0.1) is 10.5 Å². The van der Waals surface area contributed by atoms with Crippen LogP contribution in [0.4, 0.5) is 0 Å². The minimum Gasteiger partial charge on any atom is -0.389 e. The Morgan fingerprint density at radius 3 is 2.10 bits per heavy atom. The molecule has 0 saturated heterocycles. The highest BCUT2D eigenvalue weighted by Crippen LogP contribution is 2.28. The van der Waals surface area contributed by atoms with Gasteiger partial charge < -0.3 is 5.11 Å². The number of benzene rings is 1. The molecule has 0 amide bonds. The molecular formula is C16H27NO3S. The SMILES string of the molecule is Cc1ccc(C(C)(C)C)cc1S(=O)(=O)N(C)CC(C)(C)O. The number of sulfonamides is 1. The molecule has 1 N–H and O–H groups in total. The summed E-state index contributed by atoms with van der Waals surface area (Å²) in [6, 6.07) is 5.54. The van der Waals surface area contributed by atoms with E-state index in [9.17, 15) is 13.5 Å². The maximum Gasteiger partial charge on any atom is 0.243 e. The van der Waals surface area contributed by atoms with Crippen molar-refractivity contribution < 1.29 is 13.5 Å². The van der Waals surface area contributed by atoms with Gasteiger partial charge in [-0.2, -0.15) is 4.31 Å². The second-order valence-electron chi connectivity index (χ2n) is 7.30. The molecule has 0 fully saturated rings. The molecule has 0 heterocycles. The van der Waals surface area contributed by atoms with Crippen LogP contribution in [0.2, 0.25) is 0 Å². The Morgan fingerprint density at radius 1 is 1.14 bits per heavy atom. The van der Waals surface area contributed by atoms with Gasteiger partial charge in [-0.15, -0.1) is 0 Å². The fraction of sp³-hybridized carbons (Fsp3) is 0.625. The van der Waals surface area contributed by atoms with Crippen molar-refractivity contribution in [2.24, 2.45) is 0 Å². The van der Waals surface area contributed by atoms with Crippen LogP contribution >= 0.6 is 0 Å². The predicted octanol–water partition coefficient (Wildman–Crippen LogP) is 2.68. The molecule has 120 valence electrons. The standard InChI is InChI=1S/C16H27NO3S/c1-12-8-9-13(15(2,3)4)10-14(12)21(19,20)17(7)11-16(5,6)18/h8-10,18H,11H2,1-7H3. The maximum absolute atomic E-state index is 12.7. The van der Waals surface area contributed by atoms with Crippen LogP contribution in [0.1, 0.15) is 45.7 Å². The van der Waals surface area contributed by atoms with Crippen LogP contribution < -0.4 is 0 Å². The number of likely N-dealkylation sites (N-methyl/N-ethyl adjacent to an activating group) is 1. The molecule has 0 aliphatic rings. The molecule has 0 radical (unpaired) electrons. The highest BCUT2D eigenvalue weighted by Gasteiger charge is 2.28. The third-order valence-electron chi connectivity index (χ3n) is 3.35. The molecule has 0 aliphatic carbocycles. The van der Waals surface area contributed by atoms with Gasteiger partial charge in [-0.1, -0.05) is 32.9 Å². The van der Waals surface area contributed by atoms with Crippen LogP contribution in [-0.2, 0) is 15.4 Å². The Labute approximate surface area is 128 Å². The highest BCUT2D eigenvalue weighted by atomic mass is 32.2. The van der Waals surface area contributed by atoms with E-state index in [2.05, 4.69) is 20.8 Å². The molecule has 0 saturated carbocycles. The summed E-state index contributed by atoms with van der Waals surface area (Å²) in [6.07, 6.45) is 0. The van der Waals surface area contributed by atoms with E-state index in [0.717, 1.165) is 5.56 Å². The third kappa shape index (κ3) is 4.53. The first kappa shape index (κ1) is 18.1. The number of aliphatic hydroxyl groups is 1. The van der Waals surface area contributed by atoms with Crippen molar-refractivity contribution in [1.29, 1.82) is 0 Å². The van der Waals surface area contributed by atoms with Crippen molar-refractivity contribution in [3.8, 4) is 0 Å². The fourth-order valence-electron chi connectivity index (χ4n) is 2.14. The lowest BCUT2D eigenvalue weighted by molar-refractivity contribution is 0.0640. The second kappa shape index (κ2) is 5.71. The quantitative estimate of drug-likeness (QED) is 0.930. The summed E-state index contributed by atoms with van der Waals surface area (Å²) in [5.74, 6) is 0. The lowest BCUT2D eigenvalue weighted by Gasteiger charge is -2.27. The number of aryl methyl sites for hydroxylation is 1. The fourth-order valence-corrected chi connectivity index (χ4v) is 3.71. The van der Waals surface area contributed by atoms with Gasteiger partial charge in [0.15, 0.2) is 0 Å². The summed E-state index contributed by atoms with van der Waals surface area (Å²) in [5, 5.41) is 9.85. The Balaban J connectivity index is 3.32. The minimum absolute atomic E-state index is 0.0501. The molecule has 1 aromatic rings. The van der Waals surface area contributed by atoms with Crippen LogP contribution in [0, 0.1) is 6.92 Å². The van der Waals surface area contributed by atoms with Crippen molar-refractivity contribution in [1.82, 2.24) is 4.31 Å². The van der Waals surface area contributed by atoms with Crippen molar-refractivity contribution in [2.75, 3.05) is 13.6 Å². The Morgan fingerprint density at radius 2 is 1.67 bits per heavy atom. The average Bonchev–Trinajstić information content (AvgIpc) is 2.25. The third-order valence-corrected chi connectivity index (χ3v) is 5.30. The number of nitrogens with zero attached hydrogens (tertiary/aromatic N) is 1. The zero-order chi connectivity index (χ0) is 16.6. The lowest BCUT2D eigenvalue weighted by Crippen LogP contribution is -2.40. The summed E-state index contributed by atoms with van der Waals surface area (Å²) in [6.45, 7) is 11.2. The normalized spacial score (nSPS) is 13.8. The zero-order valence-corrected chi connectivity index (χ0v) is 14.9. The van der Waals surface area contributed by atoms with Crippen molar-refractivity contribution in [3.63, 3.8) is 0 Å². The summed E-state index contributed by atoms with van der Waals surface area (Å²) < 4.78 is 26.7. The largest absolute Gasteiger partial charge is 0.389 e. The van der Waals surface area contributed by atoms with Gasteiger partial charge >= 0.3 is 0 Å². The molecule has 1 aromatic carbocycles. The topological polar surface area (TPSA) is 57.6 Å². The van der Waals surface area contributed by atoms with Crippen LogP contribution in [0.15, 0.2) is 23.1 Å². The van der Waals surface area contributed by atoms with E-state index in [-0.39, 0.29) is 12.0 Å². The van der Waals surface area contributed by atoms with E-state index in [1.54, 1.807) is 26.8 Å². The molecule has 0 aromatic heterocycles. The minimum atomic E-state index is -3.61. The molecule has 0 spiro atoms. The van der Waals surface area contributed by atoms with Gasteiger partial charge in [0, 0.05) is 13.6 Å². The molecule has 0 unspecified atom stereocenters. The van der Waals surface area contributed by atoms with Gasteiger partial charge in [-0.3, -0.25) is 0 Å². The van der Waals surface area contributed by atoms with E-state index in [4.69, 9.17) is 0 Å². The molecule has 0 aliphatic heterocycles. The Hall–Kier alpha value is -0.910. The van der Waals surface area contributed by atoms with Crippen molar-refractivity contribution in [3.05, 3.63) is 29.3 Å². The van der Waals surface area contributed by atoms with Gasteiger partial charge in [0.25, 0.3) is 0 Å². The predicted molar refractivity (Wildman–Crippen MR) is 86.0 cm³/mol. The van der Waals surface area contributed by atoms with Crippen LogP contribution in [-0.4, -0.2) is 37.0 Å². The van der Waals surface area contributed by atoms with E-state index >= 15 is 0 Å². The lowest BCUT2D eigenvalue weighted by atomic mass is 9.87. The van der Waals surface area contributed by atoms with Gasteiger partial charge in [0.1, 0.15) is 0 Å². The molecule has 0 atom stereocenters. The molecule has 21 heavy (non-hydrogen) atoms. The first-order valence-corrected chi connectivity index (χ1v) is 8.49. The monoisotopic (exact) mass is 313 g/mol. The van der Waals surface area contributed by atoms with Crippen LogP contribution in [0.5, 0.6) is 0 Å². The van der Waals surface area contributed by atoms with E-state index in [1.165, 1.54) is 11.4 Å². The average molecular weight is 313 g/mol. The molecule has 0 bridgehead atoms. The summed E-state index contributed by atoms with van der Waals surface area (Å²) in [5.41, 5.74) is 0.498. The Kier molecular flexibility index (Phi) is 4.93. The van der Waals surface area contributed by atoms with Gasteiger partial charge in [-0.05, 0) is 43.4 Å². The summed E-state index contributed by atoms with van der Waals surface area (Å²) in [7, 11) is -2.12. The van der Waals surface area contributed by atoms with E-state index < -0.39 is 15.6 Å². The van der Waals surface area contributed by atoms with E-state index in [0.29, 0.717) is 10.5 Å². The number of hydrogen-bond donors (Lipinski definition) is 1. The van der Waals surface area contributed by atoms with Crippen LogP contribution in [0.3, 0.4) is 0 Å². The second-order valence-corrected chi connectivity index (χ2v) is 9.32. The summed E-state index contributed by atoms with van der Waals surface area (Å²) in [4.78, 5) is 0.307. The molecule has 5 heteroatoms. The molecule has 1 rings (SSSR count).